The molecule has 1 aromatic carbocycles. The maximum atomic E-state index is 11.4. The molecule has 7 heteroatoms. The second kappa shape index (κ2) is 4.71. The highest BCUT2D eigenvalue weighted by Crippen LogP contribution is 2.19. The van der Waals surface area contributed by atoms with Crippen molar-refractivity contribution in [3.05, 3.63) is 39.4 Å². The van der Waals surface area contributed by atoms with E-state index in [1.165, 1.54) is 25.1 Å². The van der Waals surface area contributed by atoms with Crippen molar-refractivity contribution in [3.63, 3.8) is 0 Å². The van der Waals surface area contributed by atoms with E-state index < -0.39 is 15.9 Å². The molecule has 0 saturated heterocycles. The summed E-state index contributed by atoms with van der Waals surface area (Å²) in [4.78, 5) is 21.4. The monoisotopic (exact) mass is 242 g/mol. The second-order valence-corrected chi connectivity index (χ2v) is 3.34. The molecule has 0 saturated carbocycles. The van der Waals surface area contributed by atoms with Crippen molar-refractivity contribution in [1.29, 1.82) is 0 Å². The van der Waals surface area contributed by atoms with Crippen LogP contribution in [-0.2, 0) is 0 Å². The van der Waals surface area contributed by atoms with Crippen LogP contribution in [0.4, 0.5) is 5.69 Å². The summed E-state index contributed by atoms with van der Waals surface area (Å²) in [6.07, 6.45) is 0. The number of halogens is 1. The van der Waals surface area contributed by atoms with Gasteiger partial charge in [-0.2, -0.15) is 0 Å². The van der Waals surface area contributed by atoms with Crippen molar-refractivity contribution in [2.75, 3.05) is 0 Å². The molecule has 0 bridgehead atoms. The molecule has 0 atom stereocenters. The number of rotatable bonds is 3. The highest BCUT2D eigenvalue weighted by Gasteiger charge is 2.16. The molecule has 1 rings (SSSR count). The number of Topliss-reactive ketones (excluding diaryl/α,β-unsaturated/α-hetero) is 1. The van der Waals surface area contributed by atoms with Gasteiger partial charge in [0.25, 0.3) is 5.69 Å². The Bertz CT molecular complexity index is 484. The van der Waals surface area contributed by atoms with E-state index in [0.29, 0.717) is 5.56 Å². The van der Waals surface area contributed by atoms with Gasteiger partial charge in [-0.05, 0) is 19.1 Å². The third-order valence-electron chi connectivity index (χ3n) is 1.93. The molecule has 1 N–H and O–H groups in total. The van der Waals surface area contributed by atoms with Crippen molar-refractivity contribution in [1.82, 2.24) is 0 Å². The van der Waals surface area contributed by atoms with E-state index in [1.54, 1.807) is 0 Å². The molecule has 0 aliphatic carbocycles. The lowest BCUT2D eigenvalue weighted by atomic mass is 10.1. The minimum absolute atomic E-state index is 0.0893. The molecule has 6 nitrogen and oxygen atoms in total. The number of benzene rings is 1. The Kier molecular flexibility index (Phi) is 3.57. The number of carbonyl (C=O) groups excluding carboxylic acids is 1. The summed E-state index contributed by atoms with van der Waals surface area (Å²) in [5, 5.41) is 20.8. The Morgan fingerprint density at radius 2 is 2.19 bits per heavy atom. The molecule has 0 amide bonds. The molecule has 0 heterocycles. The van der Waals surface area contributed by atoms with E-state index >= 15 is 0 Å². The number of carbonyl (C=O) groups is 1. The first kappa shape index (κ1) is 12.1. The van der Waals surface area contributed by atoms with E-state index in [9.17, 15) is 14.9 Å². The number of aryl methyl sites for hydroxylation is 1. The topological polar surface area (TPSA) is 92.8 Å². The van der Waals surface area contributed by atoms with Crippen LogP contribution in [0.3, 0.4) is 0 Å². The van der Waals surface area contributed by atoms with Gasteiger partial charge in [0.05, 0.1) is 4.92 Å². The fourth-order valence-electron chi connectivity index (χ4n) is 1.17. The van der Waals surface area contributed by atoms with Crippen LogP contribution in [0, 0.1) is 17.0 Å². The van der Waals surface area contributed by atoms with Crippen LogP contribution in [-0.4, -0.2) is 21.1 Å². The Morgan fingerprint density at radius 1 is 1.56 bits per heavy atom. The van der Waals surface area contributed by atoms with E-state index in [0.717, 1.165) is 0 Å². The Hall–Kier alpha value is -1.95. The number of nitrogens with zero attached hydrogens (tertiary/aromatic N) is 2. The number of nitro benzene ring substituents is 1. The van der Waals surface area contributed by atoms with Crippen LogP contribution in [0.15, 0.2) is 23.4 Å². The van der Waals surface area contributed by atoms with Gasteiger partial charge in [0.2, 0.25) is 11.0 Å². The molecule has 0 fully saturated rings. The van der Waals surface area contributed by atoms with E-state index in [4.69, 9.17) is 16.8 Å². The van der Waals surface area contributed by atoms with Gasteiger partial charge in [-0.15, -0.1) is 0 Å². The summed E-state index contributed by atoms with van der Waals surface area (Å²) >= 11 is 5.32. The van der Waals surface area contributed by atoms with Gasteiger partial charge in [0, 0.05) is 17.2 Å². The molecule has 0 unspecified atom stereocenters. The van der Waals surface area contributed by atoms with Gasteiger partial charge in [0.15, 0.2) is 0 Å². The first-order chi connectivity index (χ1) is 7.47. The quantitative estimate of drug-likeness (QED) is 0.289. The van der Waals surface area contributed by atoms with Crippen molar-refractivity contribution < 1.29 is 14.9 Å². The molecule has 0 aliphatic rings. The predicted octanol–water partition coefficient (Wildman–Crippen LogP) is 2.11. The highest BCUT2D eigenvalue weighted by molar-refractivity contribution is 6.84. The first-order valence-corrected chi connectivity index (χ1v) is 4.52. The number of oxime groups is 1. The van der Waals surface area contributed by atoms with Crippen LogP contribution >= 0.6 is 11.6 Å². The molecule has 1 aromatic rings. The lowest BCUT2D eigenvalue weighted by Crippen LogP contribution is -2.08. The number of hydrogen-bond donors (Lipinski definition) is 1. The van der Waals surface area contributed by atoms with Crippen molar-refractivity contribution >= 4 is 28.2 Å². The fraction of sp³-hybridized carbons (Fsp3) is 0.111. The maximum absolute atomic E-state index is 11.4. The van der Waals surface area contributed by atoms with Crippen LogP contribution < -0.4 is 0 Å². The average molecular weight is 243 g/mol. The smallest absolute Gasteiger partial charge is 0.272 e. The Balaban J connectivity index is 3.16. The molecular formula is C9H7ClN2O4. The zero-order valence-corrected chi connectivity index (χ0v) is 8.93. The largest absolute Gasteiger partial charge is 0.410 e. The molecule has 0 spiro atoms. The molecule has 0 aromatic heterocycles. The molecule has 0 radical (unpaired) electrons. The summed E-state index contributed by atoms with van der Waals surface area (Å²) in [6.45, 7) is 1.50. The maximum Gasteiger partial charge on any atom is 0.272 e. The zero-order chi connectivity index (χ0) is 12.3. The van der Waals surface area contributed by atoms with Crippen molar-refractivity contribution in [3.8, 4) is 0 Å². The van der Waals surface area contributed by atoms with E-state index in [2.05, 4.69) is 5.16 Å². The lowest BCUT2D eigenvalue weighted by Gasteiger charge is -2.00. The number of ketones is 1. The SMILES string of the molecule is Cc1cc(C(=O)/C(Cl)=N\O)ccc1[N+](=O)[O-]. The third-order valence-corrected chi connectivity index (χ3v) is 2.18. The lowest BCUT2D eigenvalue weighted by molar-refractivity contribution is -0.385. The van der Waals surface area contributed by atoms with Gasteiger partial charge < -0.3 is 5.21 Å². The Labute approximate surface area is 95.3 Å². The normalized spacial score (nSPS) is 11.2. The second-order valence-electron chi connectivity index (χ2n) is 2.98. The third kappa shape index (κ3) is 2.34. The van der Waals surface area contributed by atoms with Gasteiger partial charge in [0.1, 0.15) is 0 Å². The summed E-state index contributed by atoms with van der Waals surface area (Å²) in [5.41, 5.74) is 0.373. The van der Waals surface area contributed by atoms with Crippen LogP contribution in [0.1, 0.15) is 15.9 Å². The van der Waals surface area contributed by atoms with E-state index in [-0.39, 0.29) is 11.3 Å². The molecular weight excluding hydrogens is 236 g/mol. The zero-order valence-electron chi connectivity index (χ0n) is 8.18. The summed E-state index contributed by atoms with van der Waals surface area (Å²) in [6, 6.07) is 3.76. The minimum Gasteiger partial charge on any atom is -0.410 e. The van der Waals surface area contributed by atoms with Gasteiger partial charge in [-0.1, -0.05) is 16.8 Å². The number of hydrogen-bond acceptors (Lipinski definition) is 5. The molecule has 0 aliphatic heterocycles. The van der Waals surface area contributed by atoms with Crippen LogP contribution in [0.2, 0.25) is 0 Å². The van der Waals surface area contributed by atoms with Crippen LogP contribution in [0.5, 0.6) is 0 Å². The van der Waals surface area contributed by atoms with Gasteiger partial charge >= 0.3 is 0 Å². The number of nitro groups is 1. The van der Waals surface area contributed by atoms with Crippen molar-refractivity contribution in [2.45, 2.75) is 6.92 Å². The summed E-state index contributed by atoms with van der Waals surface area (Å²) in [7, 11) is 0. The van der Waals surface area contributed by atoms with Crippen molar-refractivity contribution in [2.24, 2.45) is 5.16 Å². The molecule has 16 heavy (non-hydrogen) atoms. The standard InChI is InChI=1S/C9H7ClN2O4/c1-5-4-6(8(13)9(10)11-14)2-3-7(5)12(15)16/h2-4,14H,1H3/b11-9+. The fourth-order valence-corrected chi connectivity index (χ4v) is 1.28. The minimum atomic E-state index is -0.692. The summed E-state index contributed by atoms with van der Waals surface area (Å²) < 4.78 is 0. The van der Waals surface area contributed by atoms with Gasteiger partial charge in [-0.25, -0.2) is 0 Å². The highest BCUT2D eigenvalue weighted by atomic mass is 35.5. The van der Waals surface area contributed by atoms with E-state index in [1.807, 2.05) is 0 Å². The first-order valence-electron chi connectivity index (χ1n) is 4.14. The summed E-state index contributed by atoms with van der Waals surface area (Å²) in [5.74, 6) is -0.692. The van der Waals surface area contributed by atoms with Gasteiger partial charge in [-0.3, -0.25) is 14.9 Å². The molecule has 84 valence electrons. The van der Waals surface area contributed by atoms with Crippen LogP contribution in [0.25, 0.3) is 0 Å². The average Bonchev–Trinajstić information content (AvgIpc) is 2.26. The Morgan fingerprint density at radius 3 is 2.62 bits per heavy atom. The predicted molar refractivity (Wildman–Crippen MR) is 57.2 cm³/mol.